The zero-order valence-corrected chi connectivity index (χ0v) is 6.33. The van der Waals surface area contributed by atoms with E-state index in [0.29, 0.717) is 11.3 Å². The maximum Gasteiger partial charge on any atom is 0.263 e. The van der Waals surface area contributed by atoms with Gasteiger partial charge in [-0.25, -0.2) is 0 Å². The van der Waals surface area contributed by atoms with E-state index in [1.807, 2.05) is 0 Å². The van der Waals surface area contributed by atoms with Crippen LogP contribution in [0.4, 0.5) is 0 Å². The first-order valence-electron chi connectivity index (χ1n) is 2.82. The van der Waals surface area contributed by atoms with Crippen molar-refractivity contribution in [2.45, 2.75) is 6.42 Å². The second-order valence-electron chi connectivity index (χ2n) is 1.85. The summed E-state index contributed by atoms with van der Waals surface area (Å²) in [5.74, 6) is -0.494. The Hall–Kier alpha value is -0.770. The second kappa shape index (κ2) is 2.88. The molecule has 0 aliphatic carbocycles. The van der Waals surface area contributed by atoms with Gasteiger partial charge in [0.25, 0.3) is 5.91 Å². The minimum atomic E-state index is -0.274. The Morgan fingerprint density at radius 1 is 1.60 bits per heavy atom. The van der Waals surface area contributed by atoms with Crippen LogP contribution in [0.3, 0.4) is 0 Å². The van der Waals surface area contributed by atoms with Crippen molar-refractivity contribution in [1.29, 1.82) is 0 Å². The highest BCUT2D eigenvalue weighted by Gasteiger charge is 2.16. The summed E-state index contributed by atoms with van der Waals surface area (Å²) >= 11 is 1.35. The molecule has 0 aromatic carbocycles. The van der Waals surface area contributed by atoms with E-state index < -0.39 is 0 Å². The van der Waals surface area contributed by atoms with Crippen molar-refractivity contribution in [2.24, 2.45) is 0 Å². The highest BCUT2D eigenvalue weighted by Crippen LogP contribution is 2.14. The molecular formula is C6H7NO2S. The van der Waals surface area contributed by atoms with Crippen molar-refractivity contribution in [3.05, 3.63) is 11.0 Å². The summed E-state index contributed by atoms with van der Waals surface area (Å²) in [6.07, 6.45) is 3.77. The van der Waals surface area contributed by atoms with E-state index in [-0.39, 0.29) is 11.8 Å². The van der Waals surface area contributed by atoms with Gasteiger partial charge >= 0.3 is 0 Å². The van der Waals surface area contributed by atoms with Gasteiger partial charge in [-0.2, -0.15) is 0 Å². The van der Waals surface area contributed by atoms with Crippen LogP contribution in [0.5, 0.6) is 0 Å². The van der Waals surface area contributed by atoms with Crippen molar-refractivity contribution in [3.8, 4) is 0 Å². The maximum atomic E-state index is 10.8. The zero-order valence-electron chi connectivity index (χ0n) is 5.51. The van der Waals surface area contributed by atoms with Crippen LogP contribution in [0.25, 0.3) is 0 Å². The van der Waals surface area contributed by atoms with Gasteiger partial charge < -0.3 is 0 Å². The quantitative estimate of drug-likeness (QED) is 0.556. The normalized spacial score (nSPS) is 18.3. The van der Waals surface area contributed by atoms with Crippen LogP contribution >= 0.6 is 11.8 Å². The molecule has 0 atom stereocenters. The van der Waals surface area contributed by atoms with E-state index in [2.05, 4.69) is 5.32 Å². The smallest absolute Gasteiger partial charge is 0.263 e. The molecule has 0 bridgehead atoms. The molecule has 0 radical (unpaired) electrons. The Morgan fingerprint density at radius 3 is 2.80 bits per heavy atom. The van der Waals surface area contributed by atoms with Gasteiger partial charge in [-0.1, -0.05) is 6.08 Å². The SMILES string of the molecule is CSC1=CCC(=O)NC1=O. The molecule has 0 saturated heterocycles. The predicted molar refractivity (Wildman–Crippen MR) is 39.4 cm³/mol. The lowest BCUT2D eigenvalue weighted by atomic mass is 10.3. The minimum Gasteiger partial charge on any atom is -0.292 e. The lowest BCUT2D eigenvalue weighted by Crippen LogP contribution is -2.33. The lowest BCUT2D eigenvalue weighted by molar-refractivity contribution is -0.128. The van der Waals surface area contributed by atoms with E-state index in [1.54, 1.807) is 12.3 Å². The van der Waals surface area contributed by atoms with Crippen LogP contribution in [-0.4, -0.2) is 18.1 Å². The fourth-order valence-electron chi connectivity index (χ4n) is 0.693. The molecule has 1 N–H and O–H groups in total. The van der Waals surface area contributed by atoms with Crippen LogP contribution in [0.1, 0.15) is 6.42 Å². The minimum absolute atomic E-state index is 0.220. The van der Waals surface area contributed by atoms with Crippen molar-refractivity contribution in [2.75, 3.05) is 6.26 Å². The van der Waals surface area contributed by atoms with Crippen molar-refractivity contribution < 1.29 is 9.59 Å². The summed E-state index contributed by atoms with van der Waals surface area (Å²) in [4.78, 5) is 22.0. The Balaban J connectivity index is 2.75. The summed E-state index contributed by atoms with van der Waals surface area (Å²) < 4.78 is 0. The van der Waals surface area contributed by atoms with Crippen LogP contribution in [0, 0.1) is 0 Å². The third-order valence-corrected chi connectivity index (χ3v) is 1.96. The Kier molecular flexibility index (Phi) is 2.11. The molecule has 54 valence electrons. The zero-order chi connectivity index (χ0) is 7.56. The Morgan fingerprint density at radius 2 is 2.30 bits per heavy atom. The number of nitrogens with one attached hydrogen (secondary N) is 1. The standard InChI is InChI=1S/C6H7NO2S/c1-10-4-2-3-5(8)7-6(4)9/h2H,3H2,1H3,(H,7,8,9). The number of hydrogen-bond acceptors (Lipinski definition) is 3. The monoisotopic (exact) mass is 157 g/mol. The number of imide groups is 1. The van der Waals surface area contributed by atoms with Crippen molar-refractivity contribution in [3.63, 3.8) is 0 Å². The molecule has 0 spiro atoms. The van der Waals surface area contributed by atoms with E-state index >= 15 is 0 Å². The molecule has 0 saturated carbocycles. The molecular weight excluding hydrogens is 150 g/mol. The molecule has 2 amide bonds. The molecule has 0 fully saturated rings. The van der Waals surface area contributed by atoms with Crippen molar-refractivity contribution >= 4 is 23.6 Å². The molecule has 1 heterocycles. The number of carbonyl (C=O) groups is 2. The van der Waals surface area contributed by atoms with Gasteiger partial charge in [-0.15, -0.1) is 11.8 Å². The highest BCUT2D eigenvalue weighted by molar-refractivity contribution is 8.03. The van der Waals surface area contributed by atoms with Crippen LogP contribution < -0.4 is 5.32 Å². The molecule has 4 heteroatoms. The van der Waals surface area contributed by atoms with Crippen molar-refractivity contribution in [1.82, 2.24) is 5.32 Å². The van der Waals surface area contributed by atoms with E-state index in [4.69, 9.17) is 0 Å². The van der Waals surface area contributed by atoms with Gasteiger partial charge in [-0.3, -0.25) is 14.9 Å². The highest BCUT2D eigenvalue weighted by atomic mass is 32.2. The number of amides is 2. The Bertz CT molecular complexity index is 210. The molecule has 1 aliphatic heterocycles. The van der Waals surface area contributed by atoms with Gasteiger partial charge in [-0.05, 0) is 6.26 Å². The molecule has 10 heavy (non-hydrogen) atoms. The lowest BCUT2D eigenvalue weighted by Gasteiger charge is -2.09. The summed E-state index contributed by atoms with van der Waals surface area (Å²) in [5.41, 5.74) is 0. The largest absolute Gasteiger partial charge is 0.292 e. The molecule has 0 aromatic rings. The molecule has 1 rings (SSSR count). The fourth-order valence-corrected chi connectivity index (χ4v) is 1.18. The summed E-state index contributed by atoms with van der Waals surface area (Å²) in [7, 11) is 0. The second-order valence-corrected chi connectivity index (χ2v) is 2.70. The summed E-state index contributed by atoms with van der Waals surface area (Å²) in [6.45, 7) is 0. The van der Waals surface area contributed by atoms with E-state index in [1.165, 1.54) is 11.8 Å². The third kappa shape index (κ3) is 1.39. The number of carbonyl (C=O) groups excluding carboxylic acids is 2. The number of hydrogen-bond donors (Lipinski definition) is 1. The molecule has 1 aliphatic rings. The molecule has 3 nitrogen and oxygen atoms in total. The molecule has 0 unspecified atom stereocenters. The van der Waals surface area contributed by atoms with Crippen LogP contribution in [-0.2, 0) is 9.59 Å². The first-order valence-corrected chi connectivity index (χ1v) is 4.05. The third-order valence-electron chi connectivity index (χ3n) is 1.17. The maximum absolute atomic E-state index is 10.8. The Labute approximate surface area is 62.9 Å². The first-order chi connectivity index (χ1) is 4.74. The average Bonchev–Trinajstić information content (AvgIpc) is 1.88. The van der Waals surface area contributed by atoms with Crippen LogP contribution in [0.2, 0.25) is 0 Å². The van der Waals surface area contributed by atoms with Gasteiger partial charge in [0.2, 0.25) is 5.91 Å². The summed E-state index contributed by atoms with van der Waals surface area (Å²) in [5, 5.41) is 2.21. The topological polar surface area (TPSA) is 46.2 Å². The van der Waals surface area contributed by atoms with Gasteiger partial charge in [0.05, 0.1) is 4.91 Å². The van der Waals surface area contributed by atoms with Gasteiger partial charge in [0, 0.05) is 6.42 Å². The predicted octanol–water partition coefficient (Wildman–Crippen LogP) is 0.280. The van der Waals surface area contributed by atoms with Gasteiger partial charge in [0.1, 0.15) is 0 Å². The molecule has 0 aromatic heterocycles. The fraction of sp³-hybridized carbons (Fsp3) is 0.333. The number of thioether (sulfide) groups is 1. The average molecular weight is 157 g/mol. The van der Waals surface area contributed by atoms with E-state index in [9.17, 15) is 9.59 Å². The summed E-state index contributed by atoms with van der Waals surface area (Å²) in [6, 6.07) is 0. The number of rotatable bonds is 1. The van der Waals surface area contributed by atoms with Crippen LogP contribution in [0.15, 0.2) is 11.0 Å². The van der Waals surface area contributed by atoms with Gasteiger partial charge in [0.15, 0.2) is 0 Å². The first kappa shape index (κ1) is 7.34. The van der Waals surface area contributed by atoms with E-state index in [0.717, 1.165) is 0 Å².